The summed E-state index contributed by atoms with van der Waals surface area (Å²) in [6.45, 7) is 0. The standard InChI is InChI=1S/C11H9NO2/c13-8-11-5-4-10(14-11)7-9-3-1-2-6-12-9/h1-6,8H,7H2. The van der Waals surface area contributed by atoms with Gasteiger partial charge in [-0.05, 0) is 24.3 Å². The van der Waals surface area contributed by atoms with Crippen molar-refractivity contribution in [2.75, 3.05) is 0 Å². The average molecular weight is 187 g/mol. The Labute approximate surface area is 81.4 Å². The van der Waals surface area contributed by atoms with Crippen molar-refractivity contribution in [3.05, 3.63) is 53.7 Å². The average Bonchev–Trinajstić information content (AvgIpc) is 2.67. The van der Waals surface area contributed by atoms with Crippen LogP contribution in [-0.4, -0.2) is 11.3 Å². The normalized spacial score (nSPS) is 10.0. The molecule has 0 aliphatic carbocycles. The fraction of sp³-hybridized carbons (Fsp3) is 0.0909. The predicted octanol–water partition coefficient (Wildman–Crippen LogP) is 2.08. The van der Waals surface area contributed by atoms with Crippen LogP contribution in [0.1, 0.15) is 22.0 Å². The van der Waals surface area contributed by atoms with Crippen LogP contribution in [0.2, 0.25) is 0 Å². The number of pyridine rings is 1. The van der Waals surface area contributed by atoms with E-state index in [9.17, 15) is 4.79 Å². The second kappa shape index (κ2) is 3.87. The van der Waals surface area contributed by atoms with E-state index in [1.54, 1.807) is 18.3 Å². The highest BCUT2D eigenvalue weighted by Gasteiger charge is 2.02. The van der Waals surface area contributed by atoms with Gasteiger partial charge in [0.15, 0.2) is 12.0 Å². The third-order valence-corrected chi connectivity index (χ3v) is 1.88. The van der Waals surface area contributed by atoms with E-state index in [0.717, 1.165) is 11.5 Å². The molecule has 0 spiro atoms. The van der Waals surface area contributed by atoms with Crippen molar-refractivity contribution in [3.8, 4) is 0 Å². The lowest BCUT2D eigenvalue weighted by Crippen LogP contribution is -1.88. The van der Waals surface area contributed by atoms with Crippen molar-refractivity contribution in [2.45, 2.75) is 6.42 Å². The Bertz CT molecular complexity index is 420. The van der Waals surface area contributed by atoms with Crippen molar-refractivity contribution in [1.82, 2.24) is 4.98 Å². The number of rotatable bonds is 3. The van der Waals surface area contributed by atoms with E-state index in [1.165, 1.54) is 0 Å². The van der Waals surface area contributed by atoms with Gasteiger partial charge >= 0.3 is 0 Å². The highest BCUT2D eigenvalue weighted by Crippen LogP contribution is 2.10. The molecule has 0 unspecified atom stereocenters. The second-order valence-electron chi connectivity index (χ2n) is 2.92. The first-order chi connectivity index (χ1) is 6.88. The second-order valence-corrected chi connectivity index (χ2v) is 2.92. The maximum Gasteiger partial charge on any atom is 0.185 e. The van der Waals surface area contributed by atoms with Gasteiger partial charge in [-0.15, -0.1) is 0 Å². The van der Waals surface area contributed by atoms with Crippen LogP contribution in [0.3, 0.4) is 0 Å². The molecule has 2 aromatic rings. The van der Waals surface area contributed by atoms with Crippen molar-refractivity contribution in [2.24, 2.45) is 0 Å². The Morgan fingerprint density at radius 3 is 2.86 bits per heavy atom. The molecule has 0 radical (unpaired) electrons. The van der Waals surface area contributed by atoms with Crippen LogP contribution in [0.5, 0.6) is 0 Å². The first-order valence-electron chi connectivity index (χ1n) is 4.32. The summed E-state index contributed by atoms with van der Waals surface area (Å²) in [5.74, 6) is 1.11. The molecule has 0 saturated heterocycles. The zero-order chi connectivity index (χ0) is 9.80. The van der Waals surface area contributed by atoms with Gasteiger partial charge in [-0.25, -0.2) is 0 Å². The van der Waals surface area contributed by atoms with E-state index >= 15 is 0 Å². The molecule has 14 heavy (non-hydrogen) atoms. The fourth-order valence-corrected chi connectivity index (χ4v) is 1.23. The number of carbonyl (C=O) groups is 1. The molecule has 2 heterocycles. The highest BCUT2D eigenvalue weighted by atomic mass is 16.3. The van der Waals surface area contributed by atoms with E-state index in [2.05, 4.69) is 4.98 Å². The summed E-state index contributed by atoms with van der Waals surface area (Å²) in [6, 6.07) is 9.15. The maximum absolute atomic E-state index is 10.4. The molecule has 0 fully saturated rings. The van der Waals surface area contributed by atoms with Gasteiger partial charge < -0.3 is 4.42 Å². The van der Waals surface area contributed by atoms with Gasteiger partial charge in [0.2, 0.25) is 0 Å². The van der Waals surface area contributed by atoms with Gasteiger partial charge in [-0.1, -0.05) is 6.07 Å². The number of carbonyl (C=O) groups excluding carboxylic acids is 1. The molecule has 0 bridgehead atoms. The molecule has 2 aromatic heterocycles. The molecule has 0 aliphatic heterocycles. The number of furan rings is 1. The van der Waals surface area contributed by atoms with Crippen LogP contribution in [0.25, 0.3) is 0 Å². The van der Waals surface area contributed by atoms with Gasteiger partial charge in [0.25, 0.3) is 0 Å². The summed E-state index contributed by atoms with van der Waals surface area (Å²) in [6.07, 6.45) is 3.05. The summed E-state index contributed by atoms with van der Waals surface area (Å²) in [7, 11) is 0. The Kier molecular flexibility index (Phi) is 2.40. The van der Waals surface area contributed by atoms with Gasteiger partial charge in [0.1, 0.15) is 5.76 Å². The summed E-state index contributed by atoms with van der Waals surface area (Å²) in [5, 5.41) is 0. The molecule has 70 valence electrons. The van der Waals surface area contributed by atoms with Crippen LogP contribution < -0.4 is 0 Å². The third kappa shape index (κ3) is 1.88. The van der Waals surface area contributed by atoms with Crippen LogP contribution in [-0.2, 0) is 6.42 Å². The molecule has 0 aromatic carbocycles. The molecule has 0 atom stereocenters. The fourth-order valence-electron chi connectivity index (χ4n) is 1.23. The Hall–Kier alpha value is -1.90. The maximum atomic E-state index is 10.4. The zero-order valence-corrected chi connectivity index (χ0v) is 7.51. The topological polar surface area (TPSA) is 43.1 Å². The van der Waals surface area contributed by atoms with E-state index < -0.39 is 0 Å². The van der Waals surface area contributed by atoms with Crippen molar-refractivity contribution >= 4 is 6.29 Å². The molecule has 2 rings (SSSR count). The van der Waals surface area contributed by atoms with E-state index in [1.807, 2.05) is 18.2 Å². The zero-order valence-electron chi connectivity index (χ0n) is 7.51. The molecule has 3 nitrogen and oxygen atoms in total. The van der Waals surface area contributed by atoms with Gasteiger partial charge in [0.05, 0.1) is 0 Å². The SMILES string of the molecule is O=Cc1ccc(Cc2ccccn2)o1. The molecule has 0 amide bonds. The van der Waals surface area contributed by atoms with Crippen molar-refractivity contribution < 1.29 is 9.21 Å². The Balaban J connectivity index is 2.15. The molecule has 0 saturated carbocycles. The van der Waals surface area contributed by atoms with Crippen molar-refractivity contribution in [3.63, 3.8) is 0 Å². The number of hydrogen-bond donors (Lipinski definition) is 0. The number of hydrogen-bond acceptors (Lipinski definition) is 3. The number of aldehydes is 1. The molecular weight excluding hydrogens is 178 g/mol. The van der Waals surface area contributed by atoms with E-state index in [-0.39, 0.29) is 0 Å². The minimum atomic E-state index is 0.357. The van der Waals surface area contributed by atoms with Crippen LogP contribution >= 0.6 is 0 Å². The third-order valence-electron chi connectivity index (χ3n) is 1.88. The lowest BCUT2D eigenvalue weighted by Gasteiger charge is -1.95. The van der Waals surface area contributed by atoms with Crippen LogP contribution in [0, 0.1) is 0 Å². The Morgan fingerprint density at radius 1 is 1.29 bits per heavy atom. The van der Waals surface area contributed by atoms with Gasteiger partial charge in [-0.3, -0.25) is 9.78 Å². The Morgan fingerprint density at radius 2 is 2.21 bits per heavy atom. The largest absolute Gasteiger partial charge is 0.458 e. The van der Waals surface area contributed by atoms with Crippen molar-refractivity contribution in [1.29, 1.82) is 0 Å². The highest BCUT2D eigenvalue weighted by molar-refractivity contribution is 5.70. The summed E-state index contributed by atoms with van der Waals surface area (Å²) in [5.41, 5.74) is 0.930. The molecule has 0 N–H and O–H groups in total. The van der Waals surface area contributed by atoms with Gasteiger partial charge in [-0.2, -0.15) is 0 Å². The molecule has 0 aliphatic rings. The minimum absolute atomic E-state index is 0.357. The number of nitrogens with zero attached hydrogens (tertiary/aromatic N) is 1. The first kappa shape index (κ1) is 8.69. The summed E-state index contributed by atoms with van der Waals surface area (Å²) < 4.78 is 5.23. The smallest absolute Gasteiger partial charge is 0.185 e. The number of aromatic nitrogens is 1. The summed E-state index contributed by atoms with van der Waals surface area (Å²) >= 11 is 0. The summed E-state index contributed by atoms with van der Waals surface area (Å²) in [4.78, 5) is 14.5. The minimum Gasteiger partial charge on any atom is -0.458 e. The van der Waals surface area contributed by atoms with E-state index in [0.29, 0.717) is 18.5 Å². The van der Waals surface area contributed by atoms with E-state index in [4.69, 9.17) is 4.42 Å². The van der Waals surface area contributed by atoms with Gasteiger partial charge in [0, 0.05) is 18.3 Å². The quantitative estimate of drug-likeness (QED) is 0.691. The predicted molar refractivity (Wildman–Crippen MR) is 51.1 cm³/mol. The first-order valence-corrected chi connectivity index (χ1v) is 4.32. The monoisotopic (exact) mass is 187 g/mol. The lowest BCUT2D eigenvalue weighted by molar-refractivity contribution is 0.109. The van der Waals surface area contributed by atoms with Crippen LogP contribution in [0.4, 0.5) is 0 Å². The molecular formula is C11H9NO2. The van der Waals surface area contributed by atoms with Crippen LogP contribution in [0.15, 0.2) is 40.9 Å². The molecule has 3 heteroatoms. The lowest BCUT2D eigenvalue weighted by atomic mass is 10.2.